The van der Waals surface area contributed by atoms with Crippen LogP contribution in [0.4, 0.5) is 0 Å². The molecule has 124 valence electrons. The molecule has 3 heteroatoms. The minimum Gasteiger partial charge on any atom is -0.394 e. The summed E-state index contributed by atoms with van der Waals surface area (Å²) in [6.07, 6.45) is 6.39. The molecular formula is C18H34O3. The van der Waals surface area contributed by atoms with Gasteiger partial charge in [-0.3, -0.25) is 0 Å². The van der Waals surface area contributed by atoms with Crippen molar-refractivity contribution in [1.29, 1.82) is 0 Å². The number of rotatable bonds is 4. The highest BCUT2D eigenvalue weighted by atomic mass is 16.3. The van der Waals surface area contributed by atoms with E-state index in [4.69, 9.17) is 5.11 Å². The SMILES string of the molecule is CC1(C)CCC[C@]2(C)[C@@H](CCC(O)CO)[C@](C)(O)CC[C@@H]12. The van der Waals surface area contributed by atoms with Crippen LogP contribution in [0.25, 0.3) is 0 Å². The van der Waals surface area contributed by atoms with Crippen molar-refractivity contribution in [1.82, 2.24) is 0 Å². The maximum atomic E-state index is 11.0. The third kappa shape index (κ3) is 3.16. The Bertz CT molecular complexity index is 363. The zero-order valence-corrected chi connectivity index (χ0v) is 14.2. The van der Waals surface area contributed by atoms with E-state index in [1.54, 1.807) is 0 Å². The Labute approximate surface area is 129 Å². The fourth-order valence-corrected chi connectivity index (χ4v) is 5.72. The molecule has 2 rings (SSSR count). The molecule has 0 aromatic carbocycles. The smallest absolute Gasteiger partial charge is 0.0771 e. The quantitative estimate of drug-likeness (QED) is 0.747. The minimum absolute atomic E-state index is 0.151. The minimum atomic E-state index is -0.652. The Morgan fingerprint density at radius 2 is 1.76 bits per heavy atom. The van der Waals surface area contributed by atoms with Gasteiger partial charge in [0, 0.05) is 0 Å². The van der Waals surface area contributed by atoms with Gasteiger partial charge in [0.15, 0.2) is 0 Å². The average Bonchev–Trinajstić information content (AvgIpc) is 2.35. The summed E-state index contributed by atoms with van der Waals surface area (Å²) < 4.78 is 0. The van der Waals surface area contributed by atoms with E-state index < -0.39 is 11.7 Å². The van der Waals surface area contributed by atoms with Crippen LogP contribution in [0.15, 0.2) is 0 Å². The maximum absolute atomic E-state index is 11.0. The molecular weight excluding hydrogens is 264 g/mol. The molecule has 2 saturated carbocycles. The Balaban J connectivity index is 2.24. The summed E-state index contributed by atoms with van der Waals surface area (Å²) in [5.74, 6) is 0.861. The zero-order valence-electron chi connectivity index (χ0n) is 14.2. The highest BCUT2D eigenvalue weighted by Gasteiger charge is 2.57. The van der Waals surface area contributed by atoms with Crippen LogP contribution in [0.3, 0.4) is 0 Å². The molecule has 1 unspecified atom stereocenters. The van der Waals surface area contributed by atoms with Gasteiger partial charge in [-0.15, -0.1) is 0 Å². The van der Waals surface area contributed by atoms with Crippen molar-refractivity contribution in [3.8, 4) is 0 Å². The van der Waals surface area contributed by atoms with E-state index in [2.05, 4.69) is 20.8 Å². The summed E-state index contributed by atoms with van der Waals surface area (Å²) in [5, 5.41) is 29.7. The van der Waals surface area contributed by atoms with Gasteiger partial charge >= 0.3 is 0 Å². The third-order valence-electron chi connectivity index (χ3n) is 6.76. The molecule has 0 heterocycles. The van der Waals surface area contributed by atoms with E-state index in [1.165, 1.54) is 19.3 Å². The molecule has 0 radical (unpaired) electrons. The van der Waals surface area contributed by atoms with Gasteiger partial charge in [-0.05, 0) is 68.1 Å². The summed E-state index contributed by atoms with van der Waals surface area (Å²) in [7, 11) is 0. The maximum Gasteiger partial charge on any atom is 0.0771 e. The lowest BCUT2D eigenvalue weighted by atomic mass is 9.45. The van der Waals surface area contributed by atoms with Gasteiger partial charge in [0.1, 0.15) is 0 Å². The van der Waals surface area contributed by atoms with Gasteiger partial charge in [-0.1, -0.05) is 27.2 Å². The molecule has 0 amide bonds. The first kappa shape index (κ1) is 17.2. The van der Waals surface area contributed by atoms with Crippen molar-refractivity contribution < 1.29 is 15.3 Å². The fraction of sp³-hybridized carbons (Fsp3) is 1.00. The Morgan fingerprint density at radius 3 is 2.38 bits per heavy atom. The van der Waals surface area contributed by atoms with E-state index in [1.807, 2.05) is 6.92 Å². The third-order valence-corrected chi connectivity index (χ3v) is 6.76. The van der Waals surface area contributed by atoms with Gasteiger partial charge in [0.25, 0.3) is 0 Å². The van der Waals surface area contributed by atoms with Crippen molar-refractivity contribution in [2.75, 3.05) is 6.61 Å². The van der Waals surface area contributed by atoms with Crippen molar-refractivity contribution in [2.45, 2.75) is 84.3 Å². The standard InChI is InChI=1S/C18H34O3/c1-16(2)9-5-10-17(3)14(16)8-11-18(4,21)15(17)7-6-13(20)12-19/h13-15,19-21H,5-12H2,1-4H3/t13?,14-,15+,17-,18+/m0/s1. The van der Waals surface area contributed by atoms with Crippen LogP contribution in [0.2, 0.25) is 0 Å². The van der Waals surface area contributed by atoms with Crippen LogP contribution in [0.1, 0.15) is 72.6 Å². The largest absolute Gasteiger partial charge is 0.394 e. The lowest BCUT2D eigenvalue weighted by molar-refractivity contribution is -0.171. The van der Waals surface area contributed by atoms with Gasteiger partial charge in [0.05, 0.1) is 18.3 Å². The topological polar surface area (TPSA) is 60.7 Å². The summed E-state index contributed by atoms with van der Waals surface area (Å²) in [5.41, 5.74) is -0.149. The second kappa shape index (κ2) is 5.82. The number of aliphatic hydroxyl groups is 3. The number of hydrogen-bond donors (Lipinski definition) is 3. The Hall–Kier alpha value is -0.120. The highest BCUT2D eigenvalue weighted by Crippen LogP contribution is 2.62. The zero-order chi connectivity index (χ0) is 15.9. The van der Waals surface area contributed by atoms with Crippen molar-refractivity contribution >= 4 is 0 Å². The van der Waals surface area contributed by atoms with Crippen molar-refractivity contribution in [3.63, 3.8) is 0 Å². The first-order chi connectivity index (χ1) is 9.63. The van der Waals surface area contributed by atoms with Crippen molar-refractivity contribution in [3.05, 3.63) is 0 Å². The summed E-state index contributed by atoms with van der Waals surface area (Å²) in [6, 6.07) is 0. The molecule has 0 saturated heterocycles. The summed E-state index contributed by atoms with van der Waals surface area (Å²) in [4.78, 5) is 0. The van der Waals surface area contributed by atoms with Crippen LogP contribution in [0, 0.1) is 22.7 Å². The van der Waals surface area contributed by atoms with Crippen LogP contribution in [0.5, 0.6) is 0 Å². The molecule has 0 aromatic rings. The molecule has 0 spiro atoms. The number of aliphatic hydroxyl groups excluding tert-OH is 2. The van der Waals surface area contributed by atoms with E-state index in [-0.39, 0.29) is 17.9 Å². The second-order valence-electron chi connectivity index (χ2n) is 8.76. The fourth-order valence-electron chi connectivity index (χ4n) is 5.72. The lowest BCUT2D eigenvalue weighted by Crippen LogP contribution is -2.57. The van der Waals surface area contributed by atoms with Gasteiger partial charge in [-0.2, -0.15) is 0 Å². The highest BCUT2D eigenvalue weighted by molar-refractivity contribution is 5.07. The first-order valence-corrected chi connectivity index (χ1v) is 8.65. The predicted molar refractivity (Wildman–Crippen MR) is 84.9 cm³/mol. The summed E-state index contributed by atoms with van der Waals surface area (Å²) >= 11 is 0. The molecule has 3 N–H and O–H groups in total. The normalized spacial score (nSPS) is 44.1. The molecule has 0 aromatic heterocycles. The van der Waals surface area contributed by atoms with Gasteiger partial charge in [-0.25, -0.2) is 0 Å². The molecule has 2 aliphatic rings. The van der Waals surface area contributed by atoms with E-state index in [0.717, 1.165) is 19.3 Å². The Morgan fingerprint density at radius 1 is 1.10 bits per heavy atom. The molecule has 2 aliphatic carbocycles. The van der Waals surface area contributed by atoms with Gasteiger partial charge < -0.3 is 15.3 Å². The van der Waals surface area contributed by atoms with Crippen LogP contribution >= 0.6 is 0 Å². The number of hydrogen-bond acceptors (Lipinski definition) is 3. The number of fused-ring (bicyclic) bond motifs is 1. The van der Waals surface area contributed by atoms with E-state index in [0.29, 0.717) is 17.8 Å². The molecule has 2 fully saturated rings. The van der Waals surface area contributed by atoms with E-state index in [9.17, 15) is 10.2 Å². The van der Waals surface area contributed by atoms with E-state index >= 15 is 0 Å². The first-order valence-electron chi connectivity index (χ1n) is 8.65. The van der Waals surface area contributed by atoms with Crippen LogP contribution in [-0.4, -0.2) is 33.6 Å². The van der Waals surface area contributed by atoms with Crippen LogP contribution < -0.4 is 0 Å². The monoisotopic (exact) mass is 298 g/mol. The lowest BCUT2D eigenvalue weighted by Gasteiger charge is -2.61. The Kier molecular flexibility index (Phi) is 4.78. The molecule has 21 heavy (non-hydrogen) atoms. The van der Waals surface area contributed by atoms with Crippen LogP contribution in [-0.2, 0) is 0 Å². The molecule has 3 nitrogen and oxygen atoms in total. The van der Waals surface area contributed by atoms with Gasteiger partial charge in [0.2, 0.25) is 0 Å². The summed E-state index contributed by atoms with van der Waals surface area (Å²) in [6.45, 7) is 8.93. The molecule has 0 aliphatic heterocycles. The van der Waals surface area contributed by atoms with Crippen molar-refractivity contribution in [2.24, 2.45) is 22.7 Å². The average molecular weight is 298 g/mol. The molecule has 5 atom stereocenters. The second-order valence-corrected chi connectivity index (χ2v) is 8.76. The molecule has 0 bridgehead atoms. The predicted octanol–water partition coefficient (Wildman–Crippen LogP) is 3.11.